The minimum absolute atomic E-state index is 0.212. The summed E-state index contributed by atoms with van der Waals surface area (Å²) in [6.45, 7) is 7.32. The van der Waals surface area contributed by atoms with Crippen LogP contribution < -0.4 is 16.0 Å². The lowest BCUT2D eigenvalue weighted by Gasteiger charge is -2.23. The van der Waals surface area contributed by atoms with Gasteiger partial charge in [0.05, 0.1) is 0 Å². The second kappa shape index (κ2) is 6.22. The Morgan fingerprint density at radius 2 is 1.68 bits per heavy atom. The van der Waals surface area contributed by atoms with E-state index in [-0.39, 0.29) is 11.4 Å². The molecule has 1 aromatic rings. The summed E-state index contributed by atoms with van der Waals surface area (Å²) in [5.41, 5.74) is 0.367. The Balaban J connectivity index is 2.46. The first-order valence-corrected chi connectivity index (χ1v) is 6.22. The SMILES string of the molecule is CC(NC(=O)Nc1ccccc1)C(=O)NC(C)(C)C. The molecule has 1 unspecified atom stereocenters. The lowest BCUT2D eigenvalue weighted by atomic mass is 10.1. The van der Waals surface area contributed by atoms with Gasteiger partial charge >= 0.3 is 6.03 Å². The first kappa shape index (κ1) is 15.0. The molecule has 0 heterocycles. The lowest BCUT2D eigenvalue weighted by molar-refractivity contribution is -0.123. The number of rotatable bonds is 3. The third kappa shape index (κ3) is 5.90. The van der Waals surface area contributed by atoms with Crippen LogP contribution in [0.5, 0.6) is 0 Å². The molecule has 0 spiro atoms. The van der Waals surface area contributed by atoms with Gasteiger partial charge in [-0.05, 0) is 39.8 Å². The topological polar surface area (TPSA) is 70.2 Å². The zero-order valence-corrected chi connectivity index (χ0v) is 11.8. The Morgan fingerprint density at radius 1 is 1.11 bits per heavy atom. The molecule has 3 N–H and O–H groups in total. The maximum Gasteiger partial charge on any atom is 0.319 e. The molecule has 1 atom stereocenters. The van der Waals surface area contributed by atoms with Crippen LogP contribution in [-0.2, 0) is 4.79 Å². The average Bonchev–Trinajstić information content (AvgIpc) is 2.27. The van der Waals surface area contributed by atoms with E-state index in [0.29, 0.717) is 5.69 Å². The van der Waals surface area contributed by atoms with Gasteiger partial charge in [-0.1, -0.05) is 18.2 Å². The van der Waals surface area contributed by atoms with Gasteiger partial charge in [0.2, 0.25) is 5.91 Å². The fourth-order valence-electron chi connectivity index (χ4n) is 1.43. The number of carbonyl (C=O) groups is 2. The van der Waals surface area contributed by atoms with E-state index in [1.165, 1.54) is 0 Å². The van der Waals surface area contributed by atoms with Crippen LogP contribution in [0.2, 0.25) is 0 Å². The maximum absolute atomic E-state index is 11.8. The molecule has 1 rings (SSSR count). The number of hydrogen-bond donors (Lipinski definition) is 3. The fraction of sp³-hybridized carbons (Fsp3) is 0.429. The maximum atomic E-state index is 11.8. The highest BCUT2D eigenvalue weighted by Crippen LogP contribution is 2.04. The van der Waals surface area contributed by atoms with Crippen LogP contribution in [0.25, 0.3) is 0 Å². The Bertz CT molecular complexity index is 438. The summed E-state index contributed by atoms with van der Waals surface area (Å²) < 4.78 is 0. The van der Waals surface area contributed by atoms with Crippen molar-refractivity contribution in [2.45, 2.75) is 39.3 Å². The van der Waals surface area contributed by atoms with E-state index in [2.05, 4.69) is 16.0 Å². The molecule has 0 fully saturated rings. The van der Waals surface area contributed by atoms with E-state index in [9.17, 15) is 9.59 Å². The molecule has 3 amide bonds. The molecule has 0 saturated carbocycles. The van der Waals surface area contributed by atoms with Crippen LogP contribution in [0.3, 0.4) is 0 Å². The van der Waals surface area contributed by atoms with Crippen LogP contribution in [-0.4, -0.2) is 23.5 Å². The number of hydrogen-bond acceptors (Lipinski definition) is 2. The summed E-state index contributed by atoms with van der Waals surface area (Å²) in [6.07, 6.45) is 0. The van der Waals surface area contributed by atoms with Crippen LogP contribution in [0, 0.1) is 0 Å². The molecule has 0 saturated heterocycles. The van der Waals surface area contributed by atoms with E-state index in [4.69, 9.17) is 0 Å². The van der Waals surface area contributed by atoms with Crippen molar-refractivity contribution >= 4 is 17.6 Å². The molecule has 1 aromatic carbocycles. The van der Waals surface area contributed by atoms with Crippen molar-refractivity contribution < 1.29 is 9.59 Å². The highest BCUT2D eigenvalue weighted by molar-refractivity contribution is 5.93. The number of benzene rings is 1. The highest BCUT2D eigenvalue weighted by Gasteiger charge is 2.20. The first-order chi connectivity index (χ1) is 8.78. The minimum atomic E-state index is -0.595. The number of para-hydroxylation sites is 1. The quantitative estimate of drug-likeness (QED) is 0.781. The lowest BCUT2D eigenvalue weighted by Crippen LogP contribution is -2.51. The monoisotopic (exact) mass is 263 g/mol. The van der Waals surface area contributed by atoms with Gasteiger partial charge in [0.15, 0.2) is 0 Å². The number of urea groups is 1. The van der Waals surface area contributed by atoms with Gasteiger partial charge in [-0.25, -0.2) is 4.79 Å². The van der Waals surface area contributed by atoms with E-state index >= 15 is 0 Å². The zero-order chi connectivity index (χ0) is 14.5. The summed E-state index contributed by atoms with van der Waals surface area (Å²) in [4.78, 5) is 23.5. The minimum Gasteiger partial charge on any atom is -0.350 e. The second-order valence-electron chi connectivity index (χ2n) is 5.43. The van der Waals surface area contributed by atoms with Gasteiger partial charge in [0, 0.05) is 11.2 Å². The normalized spacial score (nSPS) is 12.4. The van der Waals surface area contributed by atoms with Crippen molar-refractivity contribution in [3.05, 3.63) is 30.3 Å². The van der Waals surface area contributed by atoms with Crippen molar-refractivity contribution in [1.29, 1.82) is 0 Å². The number of amides is 3. The number of carbonyl (C=O) groups excluding carboxylic acids is 2. The number of anilines is 1. The van der Waals surface area contributed by atoms with Crippen molar-refractivity contribution in [1.82, 2.24) is 10.6 Å². The molecule has 104 valence electrons. The highest BCUT2D eigenvalue weighted by atomic mass is 16.2. The molecular formula is C14H21N3O2. The molecule has 5 heteroatoms. The third-order valence-corrected chi connectivity index (χ3v) is 2.27. The molecule has 0 radical (unpaired) electrons. The Morgan fingerprint density at radius 3 is 2.21 bits per heavy atom. The Kier molecular flexibility index (Phi) is 4.92. The Labute approximate surface area is 113 Å². The molecule has 0 aliphatic rings. The summed E-state index contributed by atoms with van der Waals surface area (Å²) in [7, 11) is 0. The van der Waals surface area contributed by atoms with Crippen molar-refractivity contribution in [3.8, 4) is 0 Å². The van der Waals surface area contributed by atoms with Crippen molar-refractivity contribution in [2.24, 2.45) is 0 Å². The van der Waals surface area contributed by atoms with E-state index in [1.807, 2.05) is 39.0 Å². The molecule has 0 aliphatic carbocycles. The van der Waals surface area contributed by atoms with Gasteiger partial charge < -0.3 is 16.0 Å². The predicted octanol–water partition coefficient (Wildman–Crippen LogP) is 2.11. The van der Waals surface area contributed by atoms with Crippen LogP contribution >= 0.6 is 0 Å². The van der Waals surface area contributed by atoms with E-state index in [1.54, 1.807) is 19.1 Å². The van der Waals surface area contributed by atoms with Gasteiger partial charge in [-0.15, -0.1) is 0 Å². The van der Waals surface area contributed by atoms with Gasteiger partial charge in [-0.2, -0.15) is 0 Å². The summed E-state index contributed by atoms with van der Waals surface area (Å²) in [6, 6.07) is 8.07. The summed E-state index contributed by atoms with van der Waals surface area (Å²) in [5, 5.41) is 8.06. The predicted molar refractivity (Wildman–Crippen MR) is 76.0 cm³/mol. The molecular weight excluding hydrogens is 242 g/mol. The molecule has 19 heavy (non-hydrogen) atoms. The van der Waals surface area contributed by atoms with Gasteiger partial charge in [0.25, 0.3) is 0 Å². The summed E-state index contributed by atoms with van der Waals surface area (Å²) >= 11 is 0. The number of nitrogens with one attached hydrogen (secondary N) is 3. The standard InChI is InChI=1S/C14H21N3O2/c1-10(12(18)17-14(2,3)4)15-13(19)16-11-8-6-5-7-9-11/h5-10H,1-4H3,(H,17,18)(H2,15,16,19). The molecule has 5 nitrogen and oxygen atoms in total. The van der Waals surface area contributed by atoms with E-state index in [0.717, 1.165) is 0 Å². The smallest absolute Gasteiger partial charge is 0.319 e. The van der Waals surface area contributed by atoms with Crippen molar-refractivity contribution in [3.63, 3.8) is 0 Å². The molecule has 0 bridgehead atoms. The fourth-order valence-corrected chi connectivity index (χ4v) is 1.43. The van der Waals surface area contributed by atoms with Gasteiger partial charge in [0.1, 0.15) is 6.04 Å². The van der Waals surface area contributed by atoms with Crippen molar-refractivity contribution in [2.75, 3.05) is 5.32 Å². The second-order valence-corrected chi connectivity index (χ2v) is 5.43. The Hall–Kier alpha value is -2.04. The van der Waals surface area contributed by atoms with Crippen LogP contribution in [0.4, 0.5) is 10.5 Å². The van der Waals surface area contributed by atoms with Crippen LogP contribution in [0.1, 0.15) is 27.7 Å². The average molecular weight is 263 g/mol. The summed E-state index contributed by atoms with van der Waals surface area (Å²) in [5.74, 6) is -0.212. The van der Waals surface area contributed by atoms with Gasteiger partial charge in [-0.3, -0.25) is 4.79 Å². The zero-order valence-electron chi connectivity index (χ0n) is 11.8. The molecule has 0 aliphatic heterocycles. The van der Waals surface area contributed by atoms with Crippen LogP contribution in [0.15, 0.2) is 30.3 Å². The molecule has 0 aromatic heterocycles. The third-order valence-electron chi connectivity index (χ3n) is 2.27. The first-order valence-electron chi connectivity index (χ1n) is 6.22. The largest absolute Gasteiger partial charge is 0.350 e. The van der Waals surface area contributed by atoms with E-state index < -0.39 is 12.1 Å².